The van der Waals surface area contributed by atoms with Crippen LogP contribution in [0.2, 0.25) is 0 Å². The zero-order valence-corrected chi connectivity index (χ0v) is 16.4. The van der Waals surface area contributed by atoms with Crippen LogP contribution in [-0.4, -0.2) is 35.8 Å². The minimum atomic E-state index is -0.785. The molecule has 0 aromatic heterocycles. The van der Waals surface area contributed by atoms with Gasteiger partial charge in [0.05, 0.1) is 18.9 Å². The summed E-state index contributed by atoms with van der Waals surface area (Å²) in [5.41, 5.74) is 0.612. The normalized spacial score (nSPS) is 28.8. The van der Waals surface area contributed by atoms with Gasteiger partial charge in [0.15, 0.2) is 0 Å². The predicted octanol–water partition coefficient (Wildman–Crippen LogP) is 2.86. The maximum Gasteiger partial charge on any atom is 0.247 e. The van der Waals surface area contributed by atoms with Crippen LogP contribution in [0.1, 0.15) is 26.7 Å². The molecule has 2 bridgehead atoms. The molecule has 6 heteroatoms. The molecule has 0 spiro atoms. The van der Waals surface area contributed by atoms with Crippen molar-refractivity contribution in [3.63, 3.8) is 0 Å². The molecule has 3 amide bonds. The minimum absolute atomic E-state index is 0.140. The maximum atomic E-state index is 13.1. The molecular formula is C22H26N2O4. The Labute approximate surface area is 164 Å². The molecule has 28 heavy (non-hydrogen) atoms. The summed E-state index contributed by atoms with van der Waals surface area (Å²) in [7, 11) is 1.58. The summed E-state index contributed by atoms with van der Waals surface area (Å²) in [6.45, 7) is 3.98. The van der Waals surface area contributed by atoms with Crippen LogP contribution in [0.4, 0.5) is 5.69 Å². The largest absolute Gasteiger partial charge is 0.497 e. The first-order chi connectivity index (χ1) is 13.4. The van der Waals surface area contributed by atoms with Gasteiger partial charge in [0, 0.05) is 5.69 Å². The molecule has 4 rings (SSSR count). The number of amides is 3. The first kappa shape index (κ1) is 18.7. The van der Waals surface area contributed by atoms with Crippen molar-refractivity contribution >= 4 is 23.4 Å². The van der Waals surface area contributed by atoms with Crippen molar-refractivity contribution in [2.24, 2.45) is 29.6 Å². The number of likely N-dealkylation sites (tertiary alicyclic amines) is 1. The van der Waals surface area contributed by atoms with Gasteiger partial charge in [0.1, 0.15) is 11.8 Å². The molecular weight excluding hydrogens is 356 g/mol. The van der Waals surface area contributed by atoms with E-state index in [1.807, 2.05) is 13.8 Å². The van der Waals surface area contributed by atoms with Crippen LogP contribution in [0.15, 0.2) is 36.4 Å². The molecule has 1 N–H and O–H groups in total. The van der Waals surface area contributed by atoms with Gasteiger partial charge in [0.25, 0.3) is 0 Å². The average molecular weight is 382 g/mol. The smallest absolute Gasteiger partial charge is 0.247 e. The predicted molar refractivity (Wildman–Crippen MR) is 104 cm³/mol. The summed E-state index contributed by atoms with van der Waals surface area (Å²) in [5, 5.41) is 2.86. The Morgan fingerprint density at radius 2 is 1.68 bits per heavy atom. The Balaban J connectivity index is 1.56. The van der Waals surface area contributed by atoms with Crippen LogP contribution < -0.4 is 10.1 Å². The van der Waals surface area contributed by atoms with E-state index in [1.165, 1.54) is 4.90 Å². The zero-order chi connectivity index (χ0) is 20.0. The molecule has 6 nitrogen and oxygen atoms in total. The Kier molecular flexibility index (Phi) is 4.73. The summed E-state index contributed by atoms with van der Waals surface area (Å²) in [4.78, 5) is 40.6. The molecule has 1 aliphatic heterocycles. The lowest BCUT2D eigenvalue weighted by molar-refractivity contribution is -0.147. The van der Waals surface area contributed by atoms with E-state index >= 15 is 0 Å². The summed E-state index contributed by atoms with van der Waals surface area (Å²) < 4.78 is 5.14. The summed E-state index contributed by atoms with van der Waals surface area (Å²) in [6.07, 6.45) is 5.46. The number of hydrogen-bond acceptors (Lipinski definition) is 4. The number of nitrogens with zero attached hydrogens (tertiary/aromatic N) is 1. The highest BCUT2D eigenvalue weighted by Gasteiger charge is 2.61. The fourth-order valence-corrected chi connectivity index (χ4v) is 4.91. The number of fused-ring (bicyclic) bond motifs is 5. The number of anilines is 1. The molecule has 1 aromatic carbocycles. The molecule has 148 valence electrons. The zero-order valence-electron chi connectivity index (χ0n) is 16.4. The highest BCUT2D eigenvalue weighted by atomic mass is 16.5. The third-order valence-corrected chi connectivity index (χ3v) is 6.17. The molecule has 1 saturated carbocycles. The van der Waals surface area contributed by atoms with E-state index in [4.69, 9.17) is 4.74 Å². The van der Waals surface area contributed by atoms with E-state index in [9.17, 15) is 14.4 Å². The highest BCUT2D eigenvalue weighted by molar-refractivity contribution is 6.10. The van der Waals surface area contributed by atoms with Gasteiger partial charge < -0.3 is 10.1 Å². The molecule has 1 heterocycles. The lowest BCUT2D eigenvalue weighted by Crippen LogP contribution is -2.49. The van der Waals surface area contributed by atoms with E-state index in [2.05, 4.69) is 17.5 Å². The number of rotatable bonds is 6. The van der Waals surface area contributed by atoms with Crippen molar-refractivity contribution < 1.29 is 19.1 Å². The van der Waals surface area contributed by atoms with Crippen molar-refractivity contribution in [1.29, 1.82) is 0 Å². The van der Waals surface area contributed by atoms with Gasteiger partial charge in [0.2, 0.25) is 17.7 Å². The van der Waals surface area contributed by atoms with E-state index in [0.717, 1.165) is 6.42 Å². The number of hydrogen-bond donors (Lipinski definition) is 1. The van der Waals surface area contributed by atoms with Crippen molar-refractivity contribution in [1.82, 2.24) is 4.90 Å². The summed E-state index contributed by atoms with van der Waals surface area (Å²) in [5.74, 6) is -0.107. The van der Waals surface area contributed by atoms with E-state index in [-0.39, 0.29) is 47.3 Å². The summed E-state index contributed by atoms with van der Waals surface area (Å²) >= 11 is 0. The third kappa shape index (κ3) is 3.01. The monoisotopic (exact) mass is 382 g/mol. The Bertz CT molecular complexity index is 799. The molecule has 5 unspecified atom stereocenters. The molecule has 2 aliphatic carbocycles. The fraction of sp³-hybridized carbons (Fsp3) is 0.500. The molecule has 3 aliphatic rings. The third-order valence-electron chi connectivity index (χ3n) is 6.17. The number of allylic oxidation sites excluding steroid dienone is 2. The van der Waals surface area contributed by atoms with Gasteiger partial charge in [-0.2, -0.15) is 0 Å². The van der Waals surface area contributed by atoms with E-state index in [0.29, 0.717) is 17.9 Å². The second kappa shape index (κ2) is 7.08. The average Bonchev–Trinajstić information content (AvgIpc) is 3.34. The number of carbonyl (C=O) groups excluding carboxylic acids is 3. The first-order valence-corrected chi connectivity index (χ1v) is 9.91. The van der Waals surface area contributed by atoms with Gasteiger partial charge >= 0.3 is 0 Å². The van der Waals surface area contributed by atoms with Gasteiger partial charge in [-0.05, 0) is 54.9 Å². The number of imide groups is 1. The van der Waals surface area contributed by atoms with Crippen LogP contribution in [0.3, 0.4) is 0 Å². The highest BCUT2D eigenvalue weighted by Crippen LogP contribution is 2.53. The number of ether oxygens (including phenoxy) is 1. The molecule has 1 saturated heterocycles. The van der Waals surface area contributed by atoms with Crippen molar-refractivity contribution in [2.45, 2.75) is 32.7 Å². The van der Waals surface area contributed by atoms with Gasteiger partial charge in [-0.25, -0.2) is 0 Å². The second-order valence-corrected chi connectivity index (χ2v) is 8.41. The molecule has 2 fully saturated rings. The van der Waals surface area contributed by atoms with E-state index < -0.39 is 6.04 Å². The standard InChI is InChI=1S/C22H26N2O4/c1-12(2)10-17(20(25)23-15-6-8-16(28-3)9-7-15)24-21(26)18-13-4-5-14(11-13)19(18)22(24)27/h4-9,12-14,17-19H,10-11H2,1-3H3,(H,23,25). The van der Waals surface area contributed by atoms with Crippen LogP contribution in [-0.2, 0) is 14.4 Å². The van der Waals surface area contributed by atoms with Crippen LogP contribution in [0.5, 0.6) is 5.75 Å². The Morgan fingerprint density at radius 3 is 2.18 bits per heavy atom. The lowest BCUT2D eigenvalue weighted by Gasteiger charge is -2.28. The van der Waals surface area contributed by atoms with Crippen LogP contribution >= 0.6 is 0 Å². The Morgan fingerprint density at radius 1 is 1.11 bits per heavy atom. The van der Waals surface area contributed by atoms with Crippen molar-refractivity contribution in [3.8, 4) is 5.75 Å². The number of benzene rings is 1. The number of nitrogens with one attached hydrogen (secondary N) is 1. The molecule has 0 radical (unpaired) electrons. The van der Waals surface area contributed by atoms with Crippen LogP contribution in [0, 0.1) is 29.6 Å². The lowest BCUT2D eigenvalue weighted by atomic mass is 9.85. The maximum absolute atomic E-state index is 13.1. The van der Waals surface area contributed by atoms with Crippen molar-refractivity contribution in [3.05, 3.63) is 36.4 Å². The quantitative estimate of drug-likeness (QED) is 0.606. The van der Waals surface area contributed by atoms with Crippen molar-refractivity contribution in [2.75, 3.05) is 12.4 Å². The SMILES string of the molecule is COc1ccc(NC(=O)C(CC(C)C)N2C(=O)C3C4C=CC(C4)C3C2=O)cc1. The number of carbonyl (C=O) groups is 3. The Hall–Kier alpha value is -2.63. The fourth-order valence-electron chi connectivity index (χ4n) is 4.91. The summed E-state index contributed by atoms with van der Waals surface area (Å²) in [6, 6.07) is 6.22. The second-order valence-electron chi connectivity index (χ2n) is 8.41. The van der Waals surface area contributed by atoms with Gasteiger partial charge in [-0.15, -0.1) is 0 Å². The van der Waals surface area contributed by atoms with Crippen LogP contribution in [0.25, 0.3) is 0 Å². The minimum Gasteiger partial charge on any atom is -0.497 e. The first-order valence-electron chi connectivity index (χ1n) is 9.91. The molecule has 5 atom stereocenters. The van der Waals surface area contributed by atoms with Gasteiger partial charge in [-0.1, -0.05) is 26.0 Å². The number of methoxy groups -OCH3 is 1. The van der Waals surface area contributed by atoms with Gasteiger partial charge in [-0.3, -0.25) is 19.3 Å². The topological polar surface area (TPSA) is 75.7 Å². The molecule has 1 aromatic rings. The van der Waals surface area contributed by atoms with E-state index in [1.54, 1.807) is 31.4 Å².